The van der Waals surface area contributed by atoms with Crippen molar-refractivity contribution in [1.29, 1.82) is 0 Å². The van der Waals surface area contributed by atoms with Crippen molar-refractivity contribution >= 4 is 50.9 Å². The van der Waals surface area contributed by atoms with Crippen LogP contribution >= 0.6 is 34.2 Å². The van der Waals surface area contributed by atoms with Crippen LogP contribution in [0.3, 0.4) is 0 Å². The second-order valence-corrected chi connectivity index (χ2v) is 8.32. The Morgan fingerprint density at radius 2 is 2.21 bits per heavy atom. The molecular formula is C12H16ClIN2O2S. The lowest BCUT2D eigenvalue weighted by Gasteiger charge is -2.14. The molecule has 0 aliphatic carbocycles. The smallest absolute Gasteiger partial charge is 0.172 e. The van der Waals surface area contributed by atoms with Gasteiger partial charge in [0.25, 0.3) is 0 Å². The van der Waals surface area contributed by atoms with Crippen molar-refractivity contribution in [2.45, 2.75) is 32.4 Å². The van der Waals surface area contributed by atoms with E-state index < -0.39 is 11.0 Å². The maximum absolute atomic E-state index is 11.8. The molecule has 106 valence electrons. The fourth-order valence-electron chi connectivity index (χ4n) is 1.01. The Hall–Kier alpha value is -0.210. The van der Waals surface area contributed by atoms with Gasteiger partial charge >= 0.3 is 0 Å². The zero-order valence-electron chi connectivity index (χ0n) is 11.2. The number of nitrogens with zero attached hydrogens (tertiary/aromatic N) is 2. The highest BCUT2D eigenvalue weighted by atomic mass is 127. The number of aromatic nitrogens is 1. The highest BCUT2D eigenvalue weighted by molar-refractivity contribution is 14.1. The third kappa shape index (κ3) is 5.35. The van der Waals surface area contributed by atoms with Gasteiger partial charge in [0.2, 0.25) is 0 Å². The molecule has 0 radical (unpaired) electrons. The molecule has 1 aromatic rings. The number of halogens is 2. The van der Waals surface area contributed by atoms with Crippen molar-refractivity contribution in [2.75, 3.05) is 6.61 Å². The van der Waals surface area contributed by atoms with Crippen LogP contribution in [0.2, 0.25) is 5.15 Å². The Morgan fingerprint density at radius 3 is 2.74 bits per heavy atom. The van der Waals surface area contributed by atoms with E-state index in [1.807, 2.05) is 26.8 Å². The number of hydrogen-bond acceptors (Lipinski definition) is 3. The predicted octanol–water partition coefficient (Wildman–Crippen LogP) is 3.64. The van der Waals surface area contributed by atoms with Gasteiger partial charge in [-0.2, -0.15) is 4.40 Å². The van der Waals surface area contributed by atoms with Gasteiger partial charge in [-0.15, -0.1) is 0 Å². The molecule has 1 rings (SSSR count). The summed E-state index contributed by atoms with van der Waals surface area (Å²) in [6, 6.07) is 1.81. The quantitative estimate of drug-likeness (QED) is 0.429. The molecule has 0 aliphatic rings. The summed E-state index contributed by atoms with van der Waals surface area (Å²) in [4.78, 5) is 3.95. The van der Waals surface area contributed by atoms with Crippen LogP contribution < -0.4 is 4.74 Å². The third-order valence-corrected chi connectivity index (χ3v) is 4.64. The second kappa shape index (κ2) is 6.99. The molecule has 1 heterocycles. The summed E-state index contributed by atoms with van der Waals surface area (Å²) in [5, 5.41) is 0.316. The third-order valence-electron chi connectivity index (χ3n) is 2.00. The van der Waals surface area contributed by atoms with Crippen LogP contribution in [-0.2, 0) is 11.0 Å². The van der Waals surface area contributed by atoms with Crippen molar-refractivity contribution in [1.82, 2.24) is 4.98 Å². The standard InChI is InChI=1S/C12H16ClIN2O2S/c1-8(16-19(17)12(2,3)4)7-18-10-9(14)5-6-15-11(10)13/h5-6H,7H2,1-4H3/b16-8+. The summed E-state index contributed by atoms with van der Waals surface area (Å²) in [5.41, 5.74) is 0.656. The van der Waals surface area contributed by atoms with Crippen molar-refractivity contribution in [2.24, 2.45) is 4.40 Å². The maximum Gasteiger partial charge on any atom is 0.172 e. The fraction of sp³-hybridized carbons (Fsp3) is 0.500. The van der Waals surface area contributed by atoms with E-state index in [1.54, 1.807) is 13.1 Å². The van der Waals surface area contributed by atoms with E-state index in [2.05, 4.69) is 32.0 Å². The summed E-state index contributed by atoms with van der Waals surface area (Å²) in [6.45, 7) is 7.65. The van der Waals surface area contributed by atoms with Crippen LogP contribution in [-0.4, -0.2) is 26.3 Å². The molecule has 0 saturated heterocycles. The van der Waals surface area contributed by atoms with Crippen LogP contribution in [0.15, 0.2) is 16.7 Å². The molecule has 19 heavy (non-hydrogen) atoms. The number of rotatable bonds is 4. The number of ether oxygens (including phenoxy) is 1. The minimum atomic E-state index is -1.28. The first-order valence-corrected chi connectivity index (χ1v) is 8.17. The molecule has 0 saturated carbocycles. The first-order valence-electron chi connectivity index (χ1n) is 5.61. The van der Waals surface area contributed by atoms with Crippen LogP contribution in [0.25, 0.3) is 0 Å². The highest BCUT2D eigenvalue weighted by Gasteiger charge is 2.19. The van der Waals surface area contributed by atoms with Gasteiger partial charge in [0, 0.05) is 6.20 Å². The minimum absolute atomic E-state index is 0.239. The molecule has 0 spiro atoms. The van der Waals surface area contributed by atoms with E-state index in [0.29, 0.717) is 16.6 Å². The Bertz CT molecular complexity index is 495. The molecule has 0 amide bonds. The summed E-state index contributed by atoms with van der Waals surface area (Å²) >= 11 is 8.07. The SMILES string of the molecule is C/C(COc1c(I)ccnc1Cl)=N\S(=O)C(C)(C)C. The number of hydrogen-bond donors (Lipinski definition) is 0. The van der Waals surface area contributed by atoms with Gasteiger partial charge in [-0.25, -0.2) is 9.19 Å². The van der Waals surface area contributed by atoms with Crippen LogP contribution in [0.5, 0.6) is 5.75 Å². The molecule has 0 N–H and O–H groups in total. The summed E-state index contributed by atoms with van der Waals surface area (Å²) in [5.74, 6) is 0.529. The van der Waals surface area contributed by atoms with Gasteiger partial charge in [-0.1, -0.05) is 11.6 Å². The van der Waals surface area contributed by atoms with Crippen molar-refractivity contribution < 1.29 is 8.95 Å². The first-order chi connectivity index (χ1) is 8.71. The predicted molar refractivity (Wildman–Crippen MR) is 88.5 cm³/mol. The van der Waals surface area contributed by atoms with E-state index >= 15 is 0 Å². The van der Waals surface area contributed by atoms with Crippen LogP contribution in [0.1, 0.15) is 27.7 Å². The Kier molecular flexibility index (Phi) is 6.19. The van der Waals surface area contributed by atoms with Gasteiger partial charge in [0.05, 0.1) is 14.0 Å². The topological polar surface area (TPSA) is 51.6 Å². The van der Waals surface area contributed by atoms with Gasteiger partial charge in [-0.3, -0.25) is 0 Å². The zero-order valence-corrected chi connectivity index (χ0v) is 15.0. The maximum atomic E-state index is 11.8. The zero-order chi connectivity index (χ0) is 14.6. The van der Waals surface area contributed by atoms with Gasteiger partial charge in [-0.05, 0) is 56.4 Å². The molecule has 4 nitrogen and oxygen atoms in total. The van der Waals surface area contributed by atoms with E-state index in [9.17, 15) is 4.21 Å². The molecule has 1 aromatic heterocycles. The van der Waals surface area contributed by atoms with E-state index in [-0.39, 0.29) is 11.4 Å². The average Bonchev–Trinajstić information content (AvgIpc) is 2.27. The first kappa shape index (κ1) is 16.8. The fourth-order valence-corrected chi connectivity index (χ4v) is 2.56. The molecule has 0 fully saturated rings. The molecule has 0 aliphatic heterocycles. The summed E-state index contributed by atoms with van der Waals surface area (Å²) in [7, 11) is -1.28. The Balaban J connectivity index is 2.72. The van der Waals surface area contributed by atoms with Crippen molar-refractivity contribution in [3.05, 3.63) is 21.0 Å². The highest BCUT2D eigenvalue weighted by Crippen LogP contribution is 2.27. The minimum Gasteiger partial charge on any atom is -0.483 e. The lowest BCUT2D eigenvalue weighted by atomic mass is 10.3. The van der Waals surface area contributed by atoms with E-state index in [1.165, 1.54) is 0 Å². The lowest BCUT2D eigenvalue weighted by Crippen LogP contribution is -2.21. The monoisotopic (exact) mass is 414 g/mol. The van der Waals surface area contributed by atoms with E-state index in [4.69, 9.17) is 16.3 Å². The average molecular weight is 415 g/mol. The Labute approximate surface area is 134 Å². The summed E-state index contributed by atoms with van der Waals surface area (Å²) in [6.07, 6.45) is 1.62. The van der Waals surface area contributed by atoms with Crippen LogP contribution in [0.4, 0.5) is 0 Å². The Morgan fingerprint density at radius 1 is 1.58 bits per heavy atom. The molecule has 1 atom stereocenters. The normalized spacial score (nSPS) is 14.3. The van der Waals surface area contributed by atoms with E-state index in [0.717, 1.165) is 3.57 Å². The number of pyridine rings is 1. The lowest BCUT2D eigenvalue weighted by molar-refractivity contribution is 0.372. The van der Waals surface area contributed by atoms with Crippen molar-refractivity contribution in [3.63, 3.8) is 0 Å². The van der Waals surface area contributed by atoms with Gasteiger partial charge in [0.1, 0.15) is 17.6 Å². The molecule has 0 bridgehead atoms. The molecular weight excluding hydrogens is 399 g/mol. The van der Waals surface area contributed by atoms with Crippen LogP contribution in [0, 0.1) is 3.57 Å². The summed E-state index contributed by atoms with van der Waals surface area (Å²) < 4.78 is 22.0. The van der Waals surface area contributed by atoms with Gasteiger partial charge in [0.15, 0.2) is 10.9 Å². The molecule has 0 aromatic carbocycles. The molecule has 7 heteroatoms. The van der Waals surface area contributed by atoms with Crippen molar-refractivity contribution in [3.8, 4) is 5.75 Å². The molecule has 1 unspecified atom stereocenters. The van der Waals surface area contributed by atoms with Gasteiger partial charge < -0.3 is 4.74 Å². The largest absolute Gasteiger partial charge is 0.483 e. The second-order valence-electron chi connectivity index (χ2n) is 4.89.